The second kappa shape index (κ2) is 9.31. The quantitative estimate of drug-likeness (QED) is 0.895. The van der Waals surface area contributed by atoms with E-state index >= 15 is 0 Å². The maximum Gasteiger partial charge on any atom is 0.119 e. The summed E-state index contributed by atoms with van der Waals surface area (Å²) >= 11 is 0. The highest BCUT2D eigenvalue weighted by Gasteiger charge is 2.11. The summed E-state index contributed by atoms with van der Waals surface area (Å²) < 4.78 is 5.41. The first-order valence-corrected chi connectivity index (χ1v) is 6.08. The van der Waals surface area contributed by atoms with E-state index in [1.165, 1.54) is 18.5 Å². The number of halogens is 2. The van der Waals surface area contributed by atoms with E-state index in [-0.39, 0.29) is 24.8 Å². The molecule has 1 saturated heterocycles. The number of ether oxygens (including phenoxy) is 1. The topological polar surface area (TPSA) is 33.3 Å². The van der Waals surface area contributed by atoms with E-state index in [1.807, 2.05) is 19.1 Å². The fourth-order valence-electron chi connectivity index (χ4n) is 2.02. The number of hydrogen-bond acceptors (Lipinski definition) is 3. The molecule has 0 bridgehead atoms. The van der Waals surface area contributed by atoms with Crippen LogP contribution in [-0.2, 0) is 0 Å². The molecular weight excluding hydrogens is 271 g/mol. The molecule has 1 fully saturated rings. The molecule has 0 aliphatic carbocycles. The van der Waals surface area contributed by atoms with Crippen LogP contribution in [0.3, 0.4) is 0 Å². The molecule has 1 aromatic carbocycles. The van der Waals surface area contributed by atoms with Crippen LogP contribution in [-0.4, -0.2) is 25.7 Å². The van der Waals surface area contributed by atoms with Crippen molar-refractivity contribution in [2.45, 2.75) is 25.8 Å². The van der Waals surface area contributed by atoms with Gasteiger partial charge in [-0.3, -0.25) is 0 Å². The molecule has 0 unspecified atom stereocenters. The average molecular weight is 293 g/mol. The minimum atomic E-state index is 0. The predicted octanol–water partition coefficient (Wildman–Crippen LogP) is 3.09. The Kier molecular flexibility index (Phi) is 8.98. The third kappa shape index (κ3) is 5.34. The molecule has 0 spiro atoms. The normalized spacial score (nSPS) is 15.2. The summed E-state index contributed by atoms with van der Waals surface area (Å²) in [5, 5.41) is 6.92. The monoisotopic (exact) mass is 292 g/mol. The Morgan fingerprint density at radius 1 is 1.17 bits per heavy atom. The van der Waals surface area contributed by atoms with Crippen molar-refractivity contribution in [1.82, 2.24) is 5.32 Å². The van der Waals surface area contributed by atoms with Crippen molar-refractivity contribution >= 4 is 30.5 Å². The van der Waals surface area contributed by atoms with E-state index < -0.39 is 0 Å². The Bertz CT molecular complexity index is 313. The van der Waals surface area contributed by atoms with E-state index in [2.05, 4.69) is 22.8 Å². The third-order valence-electron chi connectivity index (χ3n) is 2.88. The molecule has 104 valence electrons. The Morgan fingerprint density at radius 3 is 2.33 bits per heavy atom. The summed E-state index contributed by atoms with van der Waals surface area (Å²) in [6, 6.07) is 8.83. The number of piperidine rings is 1. The first-order chi connectivity index (χ1) is 7.88. The third-order valence-corrected chi connectivity index (χ3v) is 2.88. The highest BCUT2D eigenvalue weighted by atomic mass is 35.5. The van der Waals surface area contributed by atoms with Crippen molar-refractivity contribution in [3.05, 3.63) is 24.3 Å². The molecule has 0 atom stereocenters. The smallest absolute Gasteiger partial charge is 0.119 e. The largest absolute Gasteiger partial charge is 0.494 e. The molecule has 1 heterocycles. The fraction of sp³-hybridized carbons (Fsp3) is 0.538. The summed E-state index contributed by atoms with van der Waals surface area (Å²) in [6.45, 7) is 4.96. The lowest BCUT2D eigenvalue weighted by Crippen LogP contribution is -2.35. The van der Waals surface area contributed by atoms with Gasteiger partial charge in [-0.2, -0.15) is 0 Å². The molecule has 0 amide bonds. The van der Waals surface area contributed by atoms with Gasteiger partial charge in [-0.1, -0.05) is 0 Å². The first-order valence-electron chi connectivity index (χ1n) is 6.08. The minimum Gasteiger partial charge on any atom is -0.494 e. The maximum absolute atomic E-state index is 5.41. The zero-order valence-corrected chi connectivity index (χ0v) is 12.3. The van der Waals surface area contributed by atoms with Crippen molar-refractivity contribution < 1.29 is 4.74 Å². The van der Waals surface area contributed by atoms with Gasteiger partial charge < -0.3 is 15.4 Å². The molecule has 1 aliphatic rings. The minimum absolute atomic E-state index is 0. The van der Waals surface area contributed by atoms with Crippen LogP contribution in [0.5, 0.6) is 5.75 Å². The Balaban J connectivity index is 0.00000144. The van der Waals surface area contributed by atoms with E-state index in [9.17, 15) is 0 Å². The molecule has 5 heteroatoms. The van der Waals surface area contributed by atoms with Gasteiger partial charge in [-0.05, 0) is 57.1 Å². The van der Waals surface area contributed by atoms with Gasteiger partial charge in [-0.25, -0.2) is 0 Å². The van der Waals surface area contributed by atoms with Crippen molar-refractivity contribution in [1.29, 1.82) is 0 Å². The molecule has 2 rings (SSSR count). The van der Waals surface area contributed by atoms with E-state index in [1.54, 1.807) is 0 Å². The molecule has 0 saturated carbocycles. The Labute approximate surface area is 121 Å². The summed E-state index contributed by atoms with van der Waals surface area (Å²) in [5.41, 5.74) is 1.19. The Morgan fingerprint density at radius 2 is 1.78 bits per heavy atom. The zero-order chi connectivity index (χ0) is 11.2. The van der Waals surface area contributed by atoms with Gasteiger partial charge in [0.2, 0.25) is 0 Å². The average Bonchev–Trinajstić information content (AvgIpc) is 2.33. The Hall–Kier alpha value is -0.640. The molecular formula is C13H22Cl2N2O. The van der Waals surface area contributed by atoms with Crippen LogP contribution in [0.1, 0.15) is 19.8 Å². The summed E-state index contributed by atoms with van der Waals surface area (Å²) in [4.78, 5) is 0. The van der Waals surface area contributed by atoms with Gasteiger partial charge in [0.05, 0.1) is 6.61 Å². The number of hydrogen-bond donors (Lipinski definition) is 2. The van der Waals surface area contributed by atoms with Crippen LogP contribution in [0.4, 0.5) is 5.69 Å². The van der Waals surface area contributed by atoms with Crippen LogP contribution < -0.4 is 15.4 Å². The summed E-state index contributed by atoms with van der Waals surface area (Å²) in [5.74, 6) is 0.943. The highest BCUT2D eigenvalue weighted by molar-refractivity contribution is 5.85. The standard InChI is InChI=1S/C13H20N2O.2ClH/c1-2-16-13-5-3-11(4-6-13)15-12-7-9-14-10-8-12;;/h3-6,12,14-15H,2,7-10H2,1H3;2*1H. The lowest BCUT2D eigenvalue weighted by molar-refractivity contribution is 0.340. The first kappa shape index (κ1) is 17.4. The van der Waals surface area contributed by atoms with Gasteiger partial charge in [-0.15, -0.1) is 24.8 Å². The van der Waals surface area contributed by atoms with Crippen molar-refractivity contribution in [2.75, 3.05) is 25.0 Å². The van der Waals surface area contributed by atoms with Gasteiger partial charge in [0.1, 0.15) is 5.75 Å². The molecule has 0 aromatic heterocycles. The van der Waals surface area contributed by atoms with E-state index in [0.29, 0.717) is 6.04 Å². The second-order valence-corrected chi connectivity index (χ2v) is 4.13. The van der Waals surface area contributed by atoms with Crippen LogP contribution in [0.25, 0.3) is 0 Å². The van der Waals surface area contributed by atoms with Crippen LogP contribution in [0.2, 0.25) is 0 Å². The van der Waals surface area contributed by atoms with Crippen molar-refractivity contribution in [2.24, 2.45) is 0 Å². The molecule has 1 aliphatic heterocycles. The lowest BCUT2D eigenvalue weighted by Gasteiger charge is -2.24. The highest BCUT2D eigenvalue weighted by Crippen LogP contribution is 2.18. The van der Waals surface area contributed by atoms with E-state index in [0.717, 1.165) is 25.4 Å². The zero-order valence-electron chi connectivity index (χ0n) is 10.6. The number of anilines is 1. The molecule has 1 aromatic rings. The molecule has 18 heavy (non-hydrogen) atoms. The van der Waals surface area contributed by atoms with Gasteiger partial charge in [0.15, 0.2) is 0 Å². The van der Waals surface area contributed by atoms with Crippen LogP contribution >= 0.6 is 24.8 Å². The van der Waals surface area contributed by atoms with Gasteiger partial charge in [0, 0.05) is 11.7 Å². The van der Waals surface area contributed by atoms with Gasteiger partial charge in [0.25, 0.3) is 0 Å². The maximum atomic E-state index is 5.41. The van der Waals surface area contributed by atoms with Crippen LogP contribution in [0.15, 0.2) is 24.3 Å². The summed E-state index contributed by atoms with van der Waals surface area (Å²) in [7, 11) is 0. The summed E-state index contributed by atoms with van der Waals surface area (Å²) in [6.07, 6.45) is 2.40. The van der Waals surface area contributed by atoms with Crippen molar-refractivity contribution in [3.63, 3.8) is 0 Å². The fourth-order valence-corrected chi connectivity index (χ4v) is 2.02. The number of nitrogens with one attached hydrogen (secondary N) is 2. The number of benzene rings is 1. The number of rotatable bonds is 4. The van der Waals surface area contributed by atoms with E-state index in [4.69, 9.17) is 4.74 Å². The molecule has 3 nitrogen and oxygen atoms in total. The van der Waals surface area contributed by atoms with Gasteiger partial charge >= 0.3 is 0 Å². The predicted molar refractivity (Wildman–Crippen MR) is 81.6 cm³/mol. The second-order valence-electron chi connectivity index (χ2n) is 4.13. The molecule has 2 N–H and O–H groups in total. The molecule has 0 radical (unpaired) electrons. The SMILES string of the molecule is CCOc1ccc(NC2CCNCC2)cc1.Cl.Cl. The lowest BCUT2D eigenvalue weighted by atomic mass is 10.1. The van der Waals surface area contributed by atoms with Crippen molar-refractivity contribution in [3.8, 4) is 5.75 Å². The van der Waals surface area contributed by atoms with Crippen LogP contribution in [0, 0.1) is 0 Å².